The highest BCUT2D eigenvalue weighted by Crippen LogP contribution is 2.42. The summed E-state index contributed by atoms with van der Waals surface area (Å²) in [5.41, 5.74) is -0.341. The number of hydrogen-bond acceptors (Lipinski definition) is 6. The number of halogens is 3. The van der Waals surface area contributed by atoms with E-state index in [1.54, 1.807) is 12.3 Å². The van der Waals surface area contributed by atoms with Crippen molar-refractivity contribution in [1.29, 1.82) is 0 Å². The Kier molecular flexibility index (Phi) is 7.13. The molecule has 4 aromatic rings. The Morgan fingerprint density at radius 1 is 0.842 bits per heavy atom. The van der Waals surface area contributed by atoms with E-state index in [0.29, 0.717) is 16.4 Å². The Labute approximate surface area is 224 Å². The van der Waals surface area contributed by atoms with Gasteiger partial charge in [0.15, 0.2) is 10.7 Å². The van der Waals surface area contributed by atoms with Crippen molar-refractivity contribution in [3.05, 3.63) is 76.9 Å². The Balaban J connectivity index is 1.87. The first-order chi connectivity index (χ1) is 17.6. The van der Waals surface area contributed by atoms with Crippen molar-refractivity contribution in [2.75, 3.05) is 4.72 Å². The zero-order valence-corrected chi connectivity index (χ0v) is 23.4. The first-order valence-electron chi connectivity index (χ1n) is 11.7. The van der Waals surface area contributed by atoms with Gasteiger partial charge in [-0.15, -0.1) is 11.3 Å². The fourth-order valence-electron chi connectivity index (χ4n) is 3.57. The Morgan fingerprint density at radius 3 is 2.08 bits per heavy atom. The zero-order chi connectivity index (χ0) is 28.0. The molecule has 0 bridgehead atoms. The number of anilines is 1. The number of hydrogen-bond donors (Lipinski definition) is 1. The van der Waals surface area contributed by atoms with Crippen LogP contribution in [0.1, 0.15) is 52.4 Å². The fourth-order valence-corrected chi connectivity index (χ4v) is 5.88. The number of rotatable bonds is 5. The molecule has 0 saturated heterocycles. The van der Waals surface area contributed by atoms with Crippen LogP contribution in [0, 0.1) is 17.5 Å². The molecule has 0 saturated carbocycles. The van der Waals surface area contributed by atoms with E-state index in [4.69, 9.17) is 9.97 Å². The van der Waals surface area contributed by atoms with E-state index in [0.717, 1.165) is 23.2 Å². The third-order valence-corrected chi connectivity index (χ3v) is 8.43. The van der Waals surface area contributed by atoms with Crippen LogP contribution in [0.15, 0.2) is 53.6 Å². The molecule has 2 aromatic carbocycles. The number of benzene rings is 2. The van der Waals surface area contributed by atoms with Crippen LogP contribution >= 0.6 is 11.3 Å². The molecule has 2 heterocycles. The van der Waals surface area contributed by atoms with Gasteiger partial charge in [-0.3, -0.25) is 4.72 Å². The van der Waals surface area contributed by atoms with Crippen molar-refractivity contribution < 1.29 is 21.6 Å². The molecule has 0 fully saturated rings. The van der Waals surface area contributed by atoms with Crippen molar-refractivity contribution in [3.8, 4) is 21.8 Å². The maximum Gasteiger partial charge on any atom is 0.267 e. The van der Waals surface area contributed by atoms with Crippen LogP contribution in [0.2, 0.25) is 0 Å². The largest absolute Gasteiger partial charge is 0.276 e. The number of sulfonamides is 1. The van der Waals surface area contributed by atoms with Gasteiger partial charge in [-0.05, 0) is 30.3 Å². The van der Waals surface area contributed by atoms with Gasteiger partial charge >= 0.3 is 0 Å². The van der Waals surface area contributed by atoms with Crippen molar-refractivity contribution in [3.63, 3.8) is 0 Å². The minimum atomic E-state index is -4.78. The van der Waals surface area contributed by atoms with E-state index in [2.05, 4.69) is 4.98 Å². The van der Waals surface area contributed by atoms with Crippen molar-refractivity contribution in [2.24, 2.45) is 0 Å². The summed E-state index contributed by atoms with van der Waals surface area (Å²) in [5.74, 6) is -2.92. The third-order valence-electron chi connectivity index (χ3n) is 5.51. The Morgan fingerprint density at radius 2 is 1.47 bits per heavy atom. The molecular formula is C27H27F3N4O2S2. The van der Waals surface area contributed by atoms with Gasteiger partial charge < -0.3 is 0 Å². The van der Waals surface area contributed by atoms with E-state index in [1.165, 1.54) is 29.5 Å². The summed E-state index contributed by atoms with van der Waals surface area (Å²) in [6.45, 7) is 11.9. The van der Waals surface area contributed by atoms with Crippen LogP contribution in [0.5, 0.6) is 0 Å². The number of nitrogens with zero attached hydrogens (tertiary/aromatic N) is 3. The molecular weight excluding hydrogens is 533 g/mol. The summed E-state index contributed by atoms with van der Waals surface area (Å²) in [5, 5.41) is 0.720. The summed E-state index contributed by atoms with van der Waals surface area (Å²) < 4.78 is 71.9. The summed E-state index contributed by atoms with van der Waals surface area (Å²) in [7, 11) is -4.78. The fraction of sp³-hybridized carbons (Fsp3) is 0.296. The predicted molar refractivity (Wildman–Crippen MR) is 143 cm³/mol. The summed E-state index contributed by atoms with van der Waals surface area (Å²) in [6.07, 6.45) is 1.63. The van der Waals surface area contributed by atoms with Gasteiger partial charge in [0, 0.05) is 22.6 Å². The molecule has 2 aromatic heterocycles. The number of nitrogens with one attached hydrogen (secondary N) is 1. The lowest BCUT2D eigenvalue weighted by atomic mass is 9.95. The average molecular weight is 561 g/mol. The molecule has 0 aliphatic heterocycles. The smallest absolute Gasteiger partial charge is 0.267 e. The summed E-state index contributed by atoms with van der Waals surface area (Å²) in [6, 6.07) is 8.46. The molecule has 11 heteroatoms. The second-order valence-electron chi connectivity index (χ2n) is 10.8. The number of thiazole rings is 1. The normalized spacial score (nSPS) is 12.6. The standard InChI is InChI=1S/C27H27F3N4O2S2/c1-26(2,3)24-31-14-13-19(32-24)22-21(33-25(37-22)27(4,5)6)15-9-7-12-18(20(15)30)34-38(35,36)23-16(28)10-8-11-17(23)29/h7-14,34H,1-6H3. The highest BCUT2D eigenvalue weighted by Gasteiger charge is 2.29. The molecule has 0 radical (unpaired) electrons. The van der Waals surface area contributed by atoms with Gasteiger partial charge in [-0.1, -0.05) is 53.7 Å². The number of aromatic nitrogens is 3. The van der Waals surface area contributed by atoms with E-state index < -0.39 is 38.1 Å². The van der Waals surface area contributed by atoms with E-state index >= 15 is 4.39 Å². The van der Waals surface area contributed by atoms with Gasteiger partial charge in [-0.2, -0.15) is 0 Å². The van der Waals surface area contributed by atoms with Gasteiger partial charge in [0.1, 0.15) is 17.5 Å². The maximum absolute atomic E-state index is 15.9. The SMILES string of the molecule is CC(C)(C)c1nccc(-c2sc(C(C)(C)C)nc2-c2cccc(NS(=O)(=O)c3c(F)cccc3F)c2F)n1. The van der Waals surface area contributed by atoms with E-state index in [-0.39, 0.29) is 22.1 Å². The summed E-state index contributed by atoms with van der Waals surface area (Å²) in [4.78, 5) is 13.2. The quantitative estimate of drug-likeness (QED) is 0.282. The lowest BCUT2D eigenvalue weighted by Gasteiger charge is -2.17. The minimum Gasteiger partial charge on any atom is -0.276 e. The Bertz CT molecular complexity index is 1600. The molecule has 0 aliphatic rings. The molecule has 0 unspecified atom stereocenters. The second-order valence-corrected chi connectivity index (χ2v) is 13.4. The molecule has 38 heavy (non-hydrogen) atoms. The first-order valence-corrected chi connectivity index (χ1v) is 14.0. The Hall–Kier alpha value is -3.31. The molecule has 6 nitrogen and oxygen atoms in total. The molecule has 4 rings (SSSR count). The van der Waals surface area contributed by atoms with Gasteiger partial charge in [-0.25, -0.2) is 36.5 Å². The van der Waals surface area contributed by atoms with Crippen molar-refractivity contribution in [2.45, 2.75) is 57.3 Å². The highest BCUT2D eigenvalue weighted by molar-refractivity contribution is 7.92. The third kappa shape index (κ3) is 5.44. The lowest BCUT2D eigenvalue weighted by molar-refractivity contribution is 0.521. The van der Waals surface area contributed by atoms with Gasteiger partial charge in [0.25, 0.3) is 10.0 Å². The minimum absolute atomic E-state index is 0.0110. The van der Waals surface area contributed by atoms with Gasteiger partial charge in [0.05, 0.1) is 27.0 Å². The van der Waals surface area contributed by atoms with Crippen LogP contribution < -0.4 is 4.72 Å². The molecule has 0 atom stereocenters. The van der Waals surface area contributed by atoms with Crippen LogP contribution in [-0.2, 0) is 20.9 Å². The monoisotopic (exact) mass is 560 g/mol. The van der Waals surface area contributed by atoms with Crippen LogP contribution in [0.4, 0.5) is 18.9 Å². The molecule has 200 valence electrons. The zero-order valence-electron chi connectivity index (χ0n) is 21.7. The molecule has 0 aliphatic carbocycles. The topological polar surface area (TPSA) is 84.8 Å². The lowest BCUT2D eigenvalue weighted by Crippen LogP contribution is -2.17. The molecule has 1 N–H and O–H groups in total. The van der Waals surface area contributed by atoms with Gasteiger partial charge in [0.2, 0.25) is 0 Å². The van der Waals surface area contributed by atoms with E-state index in [1.807, 2.05) is 46.3 Å². The predicted octanol–water partition coefficient (Wildman–Crippen LogP) is 7.08. The van der Waals surface area contributed by atoms with E-state index in [9.17, 15) is 17.2 Å². The average Bonchev–Trinajstić information content (AvgIpc) is 3.25. The van der Waals surface area contributed by atoms with Crippen molar-refractivity contribution in [1.82, 2.24) is 15.0 Å². The highest BCUT2D eigenvalue weighted by atomic mass is 32.2. The maximum atomic E-state index is 15.9. The van der Waals surface area contributed by atoms with Crippen molar-refractivity contribution >= 4 is 27.0 Å². The second kappa shape index (κ2) is 9.77. The first kappa shape index (κ1) is 27.7. The summed E-state index contributed by atoms with van der Waals surface area (Å²) >= 11 is 1.36. The molecule has 0 amide bonds. The molecule has 0 spiro atoms. The van der Waals surface area contributed by atoms with Crippen LogP contribution in [-0.4, -0.2) is 23.4 Å². The van der Waals surface area contributed by atoms with Crippen LogP contribution in [0.3, 0.4) is 0 Å². The van der Waals surface area contributed by atoms with Crippen LogP contribution in [0.25, 0.3) is 21.8 Å².